The fourth-order valence-electron chi connectivity index (χ4n) is 0. The van der Waals surface area contributed by atoms with Gasteiger partial charge in [-0.05, 0) is 0 Å². The van der Waals surface area contributed by atoms with Crippen molar-refractivity contribution in [3.8, 4) is 0 Å². The van der Waals surface area contributed by atoms with Crippen molar-refractivity contribution in [2.24, 2.45) is 0 Å². The molecule has 4 heavy (non-hydrogen) atoms. The van der Waals surface area contributed by atoms with Crippen LogP contribution in [0.4, 0.5) is 0 Å². The van der Waals surface area contributed by atoms with Crippen molar-refractivity contribution in [1.82, 2.24) is 0 Å². The van der Waals surface area contributed by atoms with E-state index in [1.807, 2.05) is 0 Å². The van der Waals surface area contributed by atoms with Crippen molar-refractivity contribution in [2.45, 2.75) is 7.43 Å². The molecule has 19 valence electrons. The average Bonchev–Trinajstić information content (AvgIpc) is 0. The molecule has 0 aromatic heterocycles. The van der Waals surface area contributed by atoms with Gasteiger partial charge in [0.2, 0.25) is 0 Å². The van der Waals surface area contributed by atoms with Crippen LogP contribution in [-0.4, -0.2) is 19.4 Å². The van der Waals surface area contributed by atoms with Gasteiger partial charge >= 0.3 is 0 Å². The van der Waals surface area contributed by atoms with E-state index in [1.54, 1.807) is 0 Å². The van der Waals surface area contributed by atoms with Crippen LogP contribution in [0, 0.1) is 0 Å². The molecule has 0 rings (SSSR count). The normalized spacial score (nSPS) is 0. The van der Waals surface area contributed by atoms with Gasteiger partial charge in [0.05, 0.1) is 0 Å². The predicted molar refractivity (Wildman–Crippen MR) is 18.2 cm³/mol. The number of rotatable bonds is 0. The molecule has 0 bridgehead atoms. The fraction of sp³-hybridized carbons (Fsp3) is 1.00. The molecule has 0 aromatic rings. The Kier molecular flexibility index (Phi) is 727. The molecule has 0 atom stereocenters. The molecule has 0 nitrogen and oxygen atoms in total. The molecular weight excluding hydrogens is 98.8 g/mol. The maximum Gasteiger partial charge on any atom is 0 e. The molecule has 0 fully saturated rings. The van der Waals surface area contributed by atoms with Crippen LogP contribution in [0.3, 0.4) is 0 Å². The van der Waals surface area contributed by atoms with Crippen molar-refractivity contribution >= 4 is 19.4 Å². The first kappa shape index (κ1) is 80.4. The van der Waals surface area contributed by atoms with Crippen molar-refractivity contribution < 1.29 is 21.7 Å². The minimum atomic E-state index is 0. The Morgan fingerprint density at radius 3 is 1.00 bits per heavy atom. The first-order chi connectivity index (χ1) is 0. The van der Waals surface area contributed by atoms with E-state index in [4.69, 9.17) is 0 Å². The minimum absolute atomic E-state index is 0. The number of hydrogen-bond donors (Lipinski definition) is 0. The first-order valence-corrected chi connectivity index (χ1v) is 0. The maximum absolute atomic E-state index is 0. The largest absolute Gasteiger partial charge is 0.0776 e. The average molecular weight is 103 g/mol. The van der Waals surface area contributed by atoms with Gasteiger partial charge in [-0.15, -0.1) is 0 Å². The quantitative estimate of drug-likeness (QED) is 0.374. The Bertz CT molecular complexity index is 8.00. The van der Waals surface area contributed by atoms with E-state index in [0.717, 1.165) is 0 Å². The third-order valence-corrected chi connectivity index (χ3v) is 0. The summed E-state index contributed by atoms with van der Waals surface area (Å²) in [6, 6.07) is 0. The van der Waals surface area contributed by atoms with Crippen LogP contribution in [0.15, 0.2) is 0 Å². The van der Waals surface area contributed by atoms with Crippen LogP contribution in [0.5, 0.6) is 0 Å². The van der Waals surface area contributed by atoms with Gasteiger partial charge in [-0.1, -0.05) is 7.43 Å². The van der Waals surface area contributed by atoms with Gasteiger partial charge in [-0.2, -0.15) is 0 Å². The zero-order valence-electron chi connectivity index (χ0n) is 1.58. The fourth-order valence-corrected chi connectivity index (χ4v) is 0. The van der Waals surface area contributed by atoms with E-state index in [1.165, 1.54) is 0 Å². The summed E-state index contributed by atoms with van der Waals surface area (Å²) in [5, 5.41) is 0. The van der Waals surface area contributed by atoms with Crippen LogP contribution >= 0.6 is 0 Å². The molecule has 0 amide bonds. The second-order valence-electron chi connectivity index (χ2n) is 0. The molecule has 0 aliphatic rings. The predicted octanol–water partition coefficient (Wildman–Crippen LogP) is -0.128. The van der Waals surface area contributed by atoms with E-state index in [0.29, 0.717) is 0 Å². The van der Waals surface area contributed by atoms with Gasteiger partial charge in [0.15, 0.2) is 0 Å². The summed E-state index contributed by atoms with van der Waals surface area (Å²) < 4.78 is 0. The Morgan fingerprint density at radius 2 is 1.00 bits per heavy atom. The van der Waals surface area contributed by atoms with Gasteiger partial charge in [0.25, 0.3) is 0 Å². The Labute approximate surface area is 48.8 Å². The molecule has 7 radical (unpaired) electrons. The molecule has 0 saturated carbocycles. The van der Waals surface area contributed by atoms with E-state index < -0.39 is 0 Å². The molecule has 0 unspecified atom stereocenters. The summed E-state index contributed by atoms with van der Waals surface area (Å²) in [6.07, 6.45) is 0. The second kappa shape index (κ2) is 36.2. The van der Waals surface area contributed by atoms with Crippen LogP contribution in [0.2, 0.25) is 0 Å². The zero-order valence-corrected chi connectivity index (χ0v) is 4.14. The van der Waals surface area contributed by atoms with Crippen molar-refractivity contribution in [3.63, 3.8) is 0 Å². The van der Waals surface area contributed by atoms with Crippen molar-refractivity contribution in [3.05, 3.63) is 0 Å². The van der Waals surface area contributed by atoms with Gasteiger partial charge in [-0.25, -0.2) is 0 Å². The monoisotopic (exact) mass is 103 g/mol. The van der Waals surface area contributed by atoms with Crippen LogP contribution in [0.1, 0.15) is 7.43 Å². The van der Waals surface area contributed by atoms with E-state index in [9.17, 15) is 0 Å². The molecule has 0 N–H and O–H groups in total. The van der Waals surface area contributed by atoms with E-state index in [2.05, 4.69) is 0 Å². The third-order valence-electron chi connectivity index (χ3n) is 0. The molecule has 0 aromatic carbocycles. The summed E-state index contributed by atoms with van der Waals surface area (Å²) in [5.41, 5.74) is 0. The minimum Gasteiger partial charge on any atom is -0.0776 e. The third kappa shape index (κ3) is 12.0. The summed E-state index contributed by atoms with van der Waals surface area (Å²) in [5.74, 6) is 0. The van der Waals surface area contributed by atoms with Gasteiger partial charge < -0.3 is 0 Å². The Morgan fingerprint density at radius 1 is 1.00 bits per heavy atom. The summed E-state index contributed by atoms with van der Waals surface area (Å²) >= 11 is 0. The Balaban J connectivity index is 0. The molecular formula is CH4BSiTi. The first-order valence-electron chi connectivity index (χ1n) is 0. The van der Waals surface area contributed by atoms with Gasteiger partial charge in [-0.3, -0.25) is 0 Å². The molecule has 0 aliphatic heterocycles. The molecule has 3 heteroatoms. The topological polar surface area (TPSA) is 0 Å². The molecule has 0 aliphatic carbocycles. The van der Waals surface area contributed by atoms with Crippen LogP contribution in [-0.2, 0) is 21.7 Å². The summed E-state index contributed by atoms with van der Waals surface area (Å²) in [7, 11) is 0. The van der Waals surface area contributed by atoms with Gasteiger partial charge in [0, 0.05) is 41.1 Å². The van der Waals surface area contributed by atoms with Crippen molar-refractivity contribution in [2.75, 3.05) is 0 Å². The van der Waals surface area contributed by atoms with E-state index in [-0.39, 0.29) is 48.5 Å². The molecule has 0 heterocycles. The van der Waals surface area contributed by atoms with Crippen LogP contribution in [0.25, 0.3) is 0 Å². The smallest absolute Gasteiger partial charge is 0 e. The van der Waals surface area contributed by atoms with Crippen molar-refractivity contribution in [1.29, 1.82) is 0 Å². The molecule has 0 saturated heterocycles. The Hall–Kier alpha value is 0.996. The summed E-state index contributed by atoms with van der Waals surface area (Å²) in [4.78, 5) is 0. The number of hydrogen-bond acceptors (Lipinski definition) is 0. The van der Waals surface area contributed by atoms with Crippen LogP contribution < -0.4 is 0 Å². The maximum atomic E-state index is 0. The SMILES string of the molecule is C.[B].[Si].[Ti]. The summed E-state index contributed by atoms with van der Waals surface area (Å²) in [6.45, 7) is 0. The molecule has 0 spiro atoms. The zero-order chi connectivity index (χ0) is 0. The van der Waals surface area contributed by atoms with E-state index >= 15 is 0 Å². The van der Waals surface area contributed by atoms with Gasteiger partial charge in [0.1, 0.15) is 0 Å². The second-order valence-corrected chi connectivity index (χ2v) is 0. The standard InChI is InChI=1S/CH4.B.Si.Ti/h1H4;;;.